The lowest BCUT2D eigenvalue weighted by Gasteiger charge is -2.27. The monoisotopic (exact) mass is 498 g/mol. The Morgan fingerprint density at radius 3 is 2.43 bits per heavy atom. The zero-order valence-electron chi connectivity index (χ0n) is 20.6. The van der Waals surface area contributed by atoms with Crippen LogP contribution in [-0.4, -0.2) is 46.5 Å². The van der Waals surface area contributed by atoms with Crippen LogP contribution in [0.5, 0.6) is 5.75 Å². The lowest BCUT2D eigenvalue weighted by Crippen LogP contribution is -2.39. The van der Waals surface area contributed by atoms with Crippen LogP contribution >= 0.6 is 0 Å². The van der Waals surface area contributed by atoms with Crippen molar-refractivity contribution in [1.82, 2.24) is 15.5 Å². The third-order valence-corrected chi connectivity index (χ3v) is 6.66. The molecule has 0 saturated carbocycles. The zero-order chi connectivity index (χ0) is 25.8. The standard InChI is InChI=1S/C29H30N4O4/c1-19(12-15-26(35)31-27(20-8-4-2-5-9-20)21-10-6-3-7-11-21)37-23-13-14-24-22(16-23)17-33-25(18-34)28(36)32-29(33)30-24/h2-11,13-14,16,19,25,27,34H,12,15,17-18H2,1H3,(H,31,35)(H,30,32,36). The second kappa shape index (κ2) is 10.8. The van der Waals surface area contributed by atoms with Gasteiger partial charge in [-0.15, -0.1) is 0 Å². The van der Waals surface area contributed by atoms with Gasteiger partial charge in [-0.3, -0.25) is 14.9 Å². The van der Waals surface area contributed by atoms with Gasteiger partial charge in [-0.2, -0.15) is 0 Å². The topological polar surface area (TPSA) is 103 Å². The number of rotatable bonds is 9. The molecule has 0 aromatic heterocycles. The number of amides is 2. The molecule has 0 spiro atoms. The van der Waals surface area contributed by atoms with Crippen LogP contribution in [0.15, 0.2) is 83.9 Å². The van der Waals surface area contributed by atoms with Gasteiger partial charge in [0.25, 0.3) is 5.91 Å². The maximum atomic E-state index is 12.9. The van der Waals surface area contributed by atoms with Crippen LogP contribution in [0.3, 0.4) is 0 Å². The molecule has 8 nitrogen and oxygen atoms in total. The summed E-state index contributed by atoms with van der Waals surface area (Å²) in [6, 6.07) is 24.6. The molecule has 37 heavy (non-hydrogen) atoms. The number of aliphatic hydroxyl groups is 1. The molecule has 2 unspecified atom stereocenters. The van der Waals surface area contributed by atoms with Crippen LogP contribution in [0.2, 0.25) is 0 Å². The molecule has 190 valence electrons. The summed E-state index contributed by atoms with van der Waals surface area (Å²) >= 11 is 0. The van der Waals surface area contributed by atoms with Gasteiger partial charge in [-0.25, -0.2) is 4.99 Å². The minimum atomic E-state index is -0.635. The molecule has 3 aromatic rings. The van der Waals surface area contributed by atoms with Crippen molar-refractivity contribution in [3.8, 4) is 5.75 Å². The van der Waals surface area contributed by atoms with Crippen LogP contribution in [0.1, 0.15) is 42.5 Å². The second-order valence-corrected chi connectivity index (χ2v) is 9.33. The number of ether oxygens (including phenoxy) is 1. The first-order chi connectivity index (χ1) is 18.0. The van der Waals surface area contributed by atoms with Crippen molar-refractivity contribution in [2.24, 2.45) is 4.99 Å². The smallest absolute Gasteiger partial charge is 0.251 e. The van der Waals surface area contributed by atoms with Crippen molar-refractivity contribution in [2.45, 2.75) is 44.5 Å². The fourth-order valence-corrected chi connectivity index (χ4v) is 4.69. The molecule has 1 saturated heterocycles. The number of fused-ring (bicyclic) bond motifs is 2. The van der Waals surface area contributed by atoms with Crippen molar-refractivity contribution in [3.63, 3.8) is 0 Å². The summed E-state index contributed by atoms with van der Waals surface area (Å²) in [6.45, 7) is 2.12. The molecule has 0 aliphatic carbocycles. The van der Waals surface area contributed by atoms with E-state index in [0.717, 1.165) is 22.4 Å². The summed E-state index contributed by atoms with van der Waals surface area (Å²) in [4.78, 5) is 31.2. The highest BCUT2D eigenvalue weighted by Gasteiger charge is 2.38. The van der Waals surface area contributed by atoms with E-state index in [1.165, 1.54) is 0 Å². The summed E-state index contributed by atoms with van der Waals surface area (Å²) in [6.07, 6.45) is 0.701. The van der Waals surface area contributed by atoms with Crippen molar-refractivity contribution < 1.29 is 19.4 Å². The normalized spacial score (nSPS) is 16.9. The first-order valence-electron chi connectivity index (χ1n) is 12.5. The van der Waals surface area contributed by atoms with E-state index in [1.807, 2.05) is 85.8 Å². The number of carbonyl (C=O) groups is 2. The molecular formula is C29H30N4O4. The predicted molar refractivity (Wildman–Crippen MR) is 140 cm³/mol. The lowest BCUT2D eigenvalue weighted by molar-refractivity contribution is -0.123. The van der Waals surface area contributed by atoms with E-state index in [0.29, 0.717) is 31.1 Å². The second-order valence-electron chi connectivity index (χ2n) is 9.33. The highest BCUT2D eigenvalue weighted by Crippen LogP contribution is 2.32. The Morgan fingerprint density at radius 1 is 1.11 bits per heavy atom. The molecule has 3 N–H and O–H groups in total. The molecule has 0 radical (unpaired) electrons. The van der Waals surface area contributed by atoms with Gasteiger partial charge in [-0.05, 0) is 42.7 Å². The Hall–Kier alpha value is -4.17. The largest absolute Gasteiger partial charge is 0.491 e. The summed E-state index contributed by atoms with van der Waals surface area (Å²) in [7, 11) is 0. The van der Waals surface area contributed by atoms with Gasteiger partial charge in [0.2, 0.25) is 11.9 Å². The Bertz CT molecular complexity index is 1260. The van der Waals surface area contributed by atoms with Crippen LogP contribution in [0.25, 0.3) is 0 Å². The molecule has 3 aromatic carbocycles. The van der Waals surface area contributed by atoms with E-state index in [9.17, 15) is 14.7 Å². The number of aliphatic imine (C=N–C) groups is 1. The number of hydrogen-bond acceptors (Lipinski definition) is 6. The first-order valence-corrected chi connectivity index (χ1v) is 12.5. The maximum Gasteiger partial charge on any atom is 0.251 e. The fraction of sp³-hybridized carbons (Fsp3) is 0.276. The first kappa shape index (κ1) is 24.5. The van der Waals surface area contributed by atoms with E-state index < -0.39 is 6.04 Å². The number of nitrogens with zero attached hydrogens (tertiary/aromatic N) is 2. The number of carbonyl (C=O) groups excluding carboxylic acids is 2. The van der Waals surface area contributed by atoms with E-state index in [-0.39, 0.29) is 30.6 Å². The van der Waals surface area contributed by atoms with Crippen molar-refractivity contribution >= 4 is 23.5 Å². The highest BCUT2D eigenvalue weighted by atomic mass is 16.5. The minimum absolute atomic E-state index is 0.0401. The zero-order valence-corrected chi connectivity index (χ0v) is 20.6. The SMILES string of the molecule is CC(CCC(=O)NC(c1ccccc1)c1ccccc1)Oc1ccc2c(c1)CN1C(=N2)NC(=O)C1CO. The third kappa shape index (κ3) is 5.49. The average molecular weight is 499 g/mol. The molecule has 0 bridgehead atoms. The fourth-order valence-electron chi connectivity index (χ4n) is 4.69. The van der Waals surface area contributed by atoms with E-state index >= 15 is 0 Å². The number of hydrogen-bond donors (Lipinski definition) is 3. The van der Waals surface area contributed by atoms with Gasteiger partial charge >= 0.3 is 0 Å². The minimum Gasteiger partial charge on any atom is -0.491 e. The quantitative estimate of drug-likeness (QED) is 0.420. The van der Waals surface area contributed by atoms with Crippen molar-refractivity contribution in [1.29, 1.82) is 0 Å². The van der Waals surface area contributed by atoms with Crippen molar-refractivity contribution in [3.05, 3.63) is 95.6 Å². The highest BCUT2D eigenvalue weighted by molar-refractivity contribution is 6.07. The number of benzene rings is 3. The molecule has 5 rings (SSSR count). The Kier molecular flexibility index (Phi) is 7.18. The van der Waals surface area contributed by atoms with Crippen molar-refractivity contribution in [2.75, 3.05) is 6.61 Å². The van der Waals surface area contributed by atoms with Gasteiger partial charge in [0.1, 0.15) is 11.8 Å². The molecule has 1 fully saturated rings. The van der Waals surface area contributed by atoms with Crippen LogP contribution in [-0.2, 0) is 16.1 Å². The number of aliphatic hydroxyl groups excluding tert-OH is 1. The summed E-state index contributed by atoms with van der Waals surface area (Å²) in [5.41, 5.74) is 3.74. The van der Waals surface area contributed by atoms with Gasteiger partial charge in [0, 0.05) is 18.5 Å². The van der Waals surface area contributed by atoms with Gasteiger partial charge in [0.05, 0.1) is 24.4 Å². The van der Waals surface area contributed by atoms with Crippen LogP contribution in [0.4, 0.5) is 5.69 Å². The van der Waals surface area contributed by atoms with Gasteiger partial charge in [0.15, 0.2) is 0 Å². The lowest BCUT2D eigenvalue weighted by atomic mass is 9.98. The average Bonchev–Trinajstić information content (AvgIpc) is 3.23. The molecular weight excluding hydrogens is 468 g/mol. The Labute approximate surface area is 216 Å². The molecule has 2 aliphatic heterocycles. The van der Waals surface area contributed by atoms with E-state index in [2.05, 4.69) is 15.6 Å². The summed E-state index contributed by atoms with van der Waals surface area (Å²) in [5, 5.41) is 15.5. The summed E-state index contributed by atoms with van der Waals surface area (Å²) in [5.74, 6) is 0.852. The van der Waals surface area contributed by atoms with Crippen LogP contribution < -0.4 is 15.4 Å². The number of nitrogens with one attached hydrogen (secondary N) is 2. The molecule has 8 heteroatoms. The Balaban J connectivity index is 1.19. The van der Waals surface area contributed by atoms with E-state index in [4.69, 9.17) is 4.74 Å². The van der Waals surface area contributed by atoms with Crippen LogP contribution in [0, 0.1) is 0 Å². The molecule has 2 aliphatic rings. The molecule has 2 amide bonds. The number of guanidine groups is 1. The third-order valence-electron chi connectivity index (χ3n) is 6.66. The molecule has 2 atom stereocenters. The maximum absolute atomic E-state index is 12.9. The predicted octanol–water partition coefficient (Wildman–Crippen LogP) is 3.43. The Morgan fingerprint density at radius 2 is 1.78 bits per heavy atom. The van der Waals surface area contributed by atoms with Gasteiger partial charge in [-0.1, -0.05) is 60.7 Å². The molecule has 2 heterocycles. The summed E-state index contributed by atoms with van der Waals surface area (Å²) < 4.78 is 6.11. The van der Waals surface area contributed by atoms with Gasteiger partial charge < -0.3 is 20.1 Å². The van der Waals surface area contributed by atoms with E-state index in [1.54, 1.807) is 4.90 Å².